The second kappa shape index (κ2) is 7.19. The zero-order valence-electron chi connectivity index (χ0n) is 15.5. The summed E-state index contributed by atoms with van der Waals surface area (Å²) in [6.45, 7) is 2.29. The Balaban J connectivity index is 1.43. The Morgan fingerprint density at radius 3 is 2.93 bits per heavy atom. The minimum Gasteiger partial charge on any atom is -0.391 e. The van der Waals surface area contributed by atoms with Gasteiger partial charge in [-0.05, 0) is 18.9 Å². The van der Waals surface area contributed by atoms with Crippen LogP contribution < -0.4 is 21.0 Å². The molecule has 0 spiro atoms. The van der Waals surface area contributed by atoms with Crippen LogP contribution in [0, 0.1) is 5.82 Å². The van der Waals surface area contributed by atoms with Gasteiger partial charge in [-0.15, -0.1) is 9.36 Å². The minimum absolute atomic E-state index is 0.00425. The molecule has 0 bridgehead atoms. The third-order valence-electron chi connectivity index (χ3n) is 5.43. The number of benzene rings is 1. The quantitative estimate of drug-likeness (QED) is 0.354. The summed E-state index contributed by atoms with van der Waals surface area (Å²) < 4.78 is 18.8. The first kappa shape index (κ1) is 17.8. The van der Waals surface area contributed by atoms with E-state index in [4.69, 9.17) is 16.3 Å². The number of amidine groups is 1. The summed E-state index contributed by atoms with van der Waals surface area (Å²) in [4.78, 5) is 7.62. The third kappa shape index (κ3) is 3.62. The lowest BCUT2D eigenvalue weighted by Gasteiger charge is -2.16. The predicted octanol–water partition coefficient (Wildman–Crippen LogP) is 0.989. The van der Waals surface area contributed by atoms with Gasteiger partial charge in [0, 0.05) is 36.7 Å². The molecule has 4 N–H and O–H groups in total. The van der Waals surface area contributed by atoms with E-state index in [2.05, 4.69) is 20.8 Å². The Morgan fingerprint density at radius 1 is 1.33 bits per heavy atom. The maximum Gasteiger partial charge on any atom is 0.197 e. The van der Waals surface area contributed by atoms with E-state index in [-0.39, 0.29) is 23.8 Å². The van der Waals surface area contributed by atoms with Crippen molar-refractivity contribution >= 4 is 11.7 Å². The molecular weight excluding hydrogens is 347 g/mol. The fraction of sp³-hybridized carbons (Fsp3) is 0.474. The second-order valence-electron chi connectivity index (χ2n) is 7.38. The summed E-state index contributed by atoms with van der Waals surface area (Å²) in [5.41, 5.74) is 13.0. The van der Waals surface area contributed by atoms with Gasteiger partial charge >= 0.3 is 0 Å². The Kier molecular flexibility index (Phi) is 4.73. The van der Waals surface area contributed by atoms with Gasteiger partial charge in [-0.25, -0.2) is 4.39 Å². The number of nitrogens with zero attached hydrogens (tertiary/aromatic N) is 4. The maximum absolute atomic E-state index is 14.6. The first-order valence-corrected chi connectivity index (χ1v) is 9.35. The van der Waals surface area contributed by atoms with Crippen LogP contribution in [0.3, 0.4) is 0 Å². The number of aryl methyl sites for hydroxylation is 1. The van der Waals surface area contributed by atoms with Crippen molar-refractivity contribution in [2.45, 2.75) is 44.5 Å². The van der Waals surface area contributed by atoms with Crippen LogP contribution in [0.1, 0.15) is 30.4 Å². The number of rotatable bonds is 5. The lowest BCUT2D eigenvalue weighted by molar-refractivity contribution is -0.751. The number of aromatic nitrogens is 2. The molecule has 1 saturated carbocycles. The smallest absolute Gasteiger partial charge is 0.197 e. The molecule has 8 heteroatoms. The fourth-order valence-corrected chi connectivity index (χ4v) is 3.83. The first-order chi connectivity index (χ1) is 13.0. The largest absolute Gasteiger partial charge is 0.391 e. The molecule has 2 aliphatic rings. The van der Waals surface area contributed by atoms with Crippen molar-refractivity contribution in [1.29, 1.82) is 0 Å². The molecule has 1 aliphatic carbocycles. The van der Waals surface area contributed by atoms with Crippen LogP contribution in [0.4, 0.5) is 10.2 Å². The van der Waals surface area contributed by atoms with Crippen molar-refractivity contribution < 1.29 is 13.9 Å². The van der Waals surface area contributed by atoms with Crippen LogP contribution in [0.2, 0.25) is 0 Å². The van der Waals surface area contributed by atoms with Crippen LogP contribution in [0.15, 0.2) is 35.6 Å². The third-order valence-corrected chi connectivity index (χ3v) is 5.43. The highest BCUT2D eigenvalue weighted by molar-refractivity contribution is 5.97. The normalized spacial score (nSPS) is 22.3. The van der Waals surface area contributed by atoms with Crippen molar-refractivity contribution in [3.8, 4) is 0 Å². The average molecular weight is 373 g/mol. The molecule has 7 nitrogen and oxygen atoms in total. The van der Waals surface area contributed by atoms with E-state index >= 15 is 0 Å². The van der Waals surface area contributed by atoms with E-state index in [0.717, 1.165) is 38.2 Å². The van der Waals surface area contributed by atoms with Crippen LogP contribution in [0.25, 0.3) is 0 Å². The van der Waals surface area contributed by atoms with E-state index in [1.165, 1.54) is 6.07 Å². The van der Waals surface area contributed by atoms with Crippen molar-refractivity contribution in [2.24, 2.45) is 23.7 Å². The zero-order valence-corrected chi connectivity index (χ0v) is 15.5. The highest BCUT2D eigenvalue weighted by atomic mass is 19.1. The average Bonchev–Trinajstić information content (AvgIpc) is 3.34. The Hall–Kier alpha value is -2.61. The zero-order chi connectivity index (χ0) is 19.0. The summed E-state index contributed by atoms with van der Waals surface area (Å²) in [6.07, 6.45) is 4.59. The monoisotopic (exact) mass is 373 g/mol. The van der Waals surface area contributed by atoms with Crippen LogP contribution in [0.5, 0.6) is 0 Å². The van der Waals surface area contributed by atoms with Crippen LogP contribution in [-0.4, -0.2) is 29.2 Å². The van der Waals surface area contributed by atoms with Crippen molar-refractivity contribution in [3.05, 3.63) is 47.4 Å². The summed E-state index contributed by atoms with van der Waals surface area (Å²) >= 11 is 0. The Labute approximate surface area is 158 Å². The first-order valence-electron chi connectivity index (χ1n) is 9.35. The van der Waals surface area contributed by atoms with Crippen molar-refractivity contribution in [1.82, 2.24) is 4.68 Å². The van der Waals surface area contributed by atoms with E-state index in [1.807, 2.05) is 17.9 Å². The Bertz CT molecular complexity index is 864. The minimum atomic E-state index is -0.289. The lowest BCUT2D eigenvalue weighted by Crippen LogP contribution is -2.37. The highest BCUT2D eigenvalue weighted by Gasteiger charge is 2.26. The van der Waals surface area contributed by atoms with Gasteiger partial charge in [-0.2, -0.15) is 0 Å². The van der Waals surface area contributed by atoms with E-state index in [1.54, 1.807) is 12.1 Å². The molecule has 27 heavy (non-hydrogen) atoms. The molecule has 0 saturated heterocycles. The molecule has 1 aliphatic heterocycles. The molecule has 2 heterocycles. The standard InChI is InChI=1S/C19H26FN6O/c1-24-7-6-18-25(8-9-26(18)24)12-14-3-2-13(10-17(14)20)19(22)23-27-16-5-4-15(21)11-16/h2-3,6-7,10,15-16H,4-5,8-9,11-12,21H2,1H3,(H2,22,23)/q+1. The molecule has 1 aromatic carbocycles. The number of nitrogens with two attached hydrogens (primary N) is 2. The van der Waals surface area contributed by atoms with Crippen molar-refractivity contribution in [2.75, 3.05) is 11.4 Å². The van der Waals surface area contributed by atoms with Gasteiger partial charge in [0.15, 0.2) is 24.9 Å². The number of fused-ring (bicyclic) bond motifs is 1. The molecule has 2 aromatic rings. The van der Waals surface area contributed by atoms with Gasteiger partial charge in [0.1, 0.15) is 11.9 Å². The number of hydrogen-bond donors (Lipinski definition) is 2. The summed E-state index contributed by atoms with van der Waals surface area (Å²) in [5.74, 6) is 0.996. The highest BCUT2D eigenvalue weighted by Crippen LogP contribution is 2.23. The van der Waals surface area contributed by atoms with Gasteiger partial charge in [0.05, 0.1) is 12.6 Å². The van der Waals surface area contributed by atoms with E-state index < -0.39 is 0 Å². The number of anilines is 1. The lowest BCUT2D eigenvalue weighted by atomic mass is 10.1. The molecule has 144 valence electrons. The molecule has 4 rings (SSSR count). The molecule has 0 amide bonds. The second-order valence-corrected chi connectivity index (χ2v) is 7.38. The molecule has 2 unspecified atom stereocenters. The molecular formula is C19H26FN6O+. The molecule has 1 aromatic heterocycles. The number of halogens is 1. The van der Waals surface area contributed by atoms with Gasteiger partial charge in [0.25, 0.3) is 0 Å². The molecule has 1 fully saturated rings. The van der Waals surface area contributed by atoms with Crippen LogP contribution >= 0.6 is 0 Å². The van der Waals surface area contributed by atoms with Gasteiger partial charge in [-0.3, -0.25) is 0 Å². The fourth-order valence-electron chi connectivity index (χ4n) is 3.83. The van der Waals surface area contributed by atoms with E-state index in [9.17, 15) is 4.39 Å². The molecule has 0 radical (unpaired) electrons. The summed E-state index contributed by atoms with van der Waals surface area (Å²) in [7, 11) is 2.01. The van der Waals surface area contributed by atoms with Crippen molar-refractivity contribution in [3.63, 3.8) is 0 Å². The number of oxime groups is 1. The SMILES string of the molecule is C[n+]1ccc2n1CCN2Cc1ccc(C(N)=NOC2CCC(N)C2)cc1F. The predicted molar refractivity (Wildman–Crippen MR) is 100 cm³/mol. The number of hydrogen-bond acceptors (Lipinski definition) is 4. The van der Waals surface area contributed by atoms with Gasteiger partial charge in [0.2, 0.25) is 0 Å². The maximum atomic E-state index is 14.6. The van der Waals surface area contributed by atoms with Gasteiger partial charge < -0.3 is 21.2 Å². The molecule has 2 atom stereocenters. The van der Waals surface area contributed by atoms with Crippen LogP contribution in [-0.2, 0) is 25.0 Å². The summed E-state index contributed by atoms with van der Waals surface area (Å²) in [5, 5.41) is 3.97. The Morgan fingerprint density at radius 2 is 2.19 bits per heavy atom. The summed E-state index contributed by atoms with van der Waals surface area (Å²) in [6, 6.07) is 7.20. The topological polar surface area (TPSA) is 85.7 Å². The van der Waals surface area contributed by atoms with Gasteiger partial charge in [-0.1, -0.05) is 17.3 Å². The van der Waals surface area contributed by atoms with E-state index in [0.29, 0.717) is 17.7 Å².